The fraction of sp³-hybridized carbons (Fsp3) is 0.294. The SMILES string of the molecule is Cc1ccc(C(=O)O[C@@H](C)C(=O)NCCc2ccccc2)o1. The van der Waals surface area contributed by atoms with Crippen LogP contribution in [-0.4, -0.2) is 24.5 Å². The Bertz CT molecular complexity index is 633. The summed E-state index contributed by atoms with van der Waals surface area (Å²) < 4.78 is 10.2. The fourth-order valence-corrected chi connectivity index (χ4v) is 1.93. The van der Waals surface area contributed by atoms with E-state index in [1.165, 1.54) is 13.0 Å². The van der Waals surface area contributed by atoms with Gasteiger partial charge >= 0.3 is 5.97 Å². The van der Waals surface area contributed by atoms with Crippen molar-refractivity contribution in [1.29, 1.82) is 0 Å². The number of carbonyl (C=O) groups excluding carboxylic acids is 2. The molecule has 5 heteroatoms. The van der Waals surface area contributed by atoms with Crippen LogP contribution in [0.4, 0.5) is 0 Å². The van der Waals surface area contributed by atoms with Gasteiger partial charge in [0.1, 0.15) is 5.76 Å². The molecule has 1 N–H and O–H groups in total. The second-order valence-electron chi connectivity index (χ2n) is 4.98. The van der Waals surface area contributed by atoms with Crippen LogP contribution in [0.3, 0.4) is 0 Å². The van der Waals surface area contributed by atoms with Gasteiger partial charge in [0.05, 0.1) is 0 Å². The summed E-state index contributed by atoms with van der Waals surface area (Å²) in [4.78, 5) is 23.7. The summed E-state index contributed by atoms with van der Waals surface area (Å²) in [6.07, 6.45) is -0.140. The molecule has 0 aliphatic carbocycles. The van der Waals surface area contributed by atoms with Crippen LogP contribution < -0.4 is 5.32 Å². The third-order valence-corrected chi connectivity index (χ3v) is 3.15. The molecule has 22 heavy (non-hydrogen) atoms. The monoisotopic (exact) mass is 301 g/mol. The molecular weight excluding hydrogens is 282 g/mol. The minimum absolute atomic E-state index is 0.0986. The third kappa shape index (κ3) is 4.48. The van der Waals surface area contributed by atoms with Crippen LogP contribution in [0.1, 0.15) is 28.8 Å². The van der Waals surface area contributed by atoms with Crippen molar-refractivity contribution in [1.82, 2.24) is 5.32 Å². The zero-order chi connectivity index (χ0) is 15.9. The molecule has 0 saturated heterocycles. The molecule has 1 aromatic carbocycles. The second-order valence-corrected chi connectivity index (χ2v) is 4.98. The highest BCUT2D eigenvalue weighted by Crippen LogP contribution is 2.09. The van der Waals surface area contributed by atoms with Gasteiger partial charge < -0.3 is 14.5 Å². The van der Waals surface area contributed by atoms with E-state index < -0.39 is 12.1 Å². The van der Waals surface area contributed by atoms with Crippen molar-refractivity contribution in [2.24, 2.45) is 0 Å². The number of rotatable bonds is 6. The molecular formula is C17H19NO4. The Labute approximate surface area is 129 Å². The van der Waals surface area contributed by atoms with E-state index >= 15 is 0 Å². The van der Waals surface area contributed by atoms with Crippen molar-refractivity contribution in [2.75, 3.05) is 6.54 Å². The first-order valence-corrected chi connectivity index (χ1v) is 7.15. The number of benzene rings is 1. The summed E-state index contributed by atoms with van der Waals surface area (Å²) in [5.41, 5.74) is 1.14. The number of esters is 1. The lowest BCUT2D eigenvalue weighted by Crippen LogP contribution is -2.36. The average Bonchev–Trinajstić information content (AvgIpc) is 2.95. The van der Waals surface area contributed by atoms with Crippen LogP contribution >= 0.6 is 0 Å². The fourth-order valence-electron chi connectivity index (χ4n) is 1.93. The second kappa shape index (κ2) is 7.45. The maximum atomic E-state index is 11.9. The molecule has 0 fully saturated rings. The molecule has 2 rings (SSSR count). The Morgan fingerprint density at radius 2 is 1.91 bits per heavy atom. The van der Waals surface area contributed by atoms with Gasteiger partial charge in [-0.25, -0.2) is 4.79 Å². The van der Waals surface area contributed by atoms with E-state index in [2.05, 4.69) is 5.32 Å². The van der Waals surface area contributed by atoms with Crippen LogP contribution in [0.15, 0.2) is 46.9 Å². The summed E-state index contributed by atoms with van der Waals surface area (Å²) in [6.45, 7) is 3.76. The number of furan rings is 1. The van der Waals surface area contributed by atoms with Gasteiger partial charge in [-0.15, -0.1) is 0 Å². The molecule has 1 aromatic heterocycles. The maximum Gasteiger partial charge on any atom is 0.375 e. The molecule has 0 aliphatic rings. The molecule has 1 atom stereocenters. The smallest absolute Gasteiger partial charge is 0.375 e. The summed E-state index contributed by atoms with van der Waals surface area (Å²) in [5.74, 6) is -0.250. The van der Waals surface area contributed by atoms with E-state index in [1.807, 2.05) is 30.3 Å². The number of carbonyl (C=O) groups is 2. The first-order chi connectivity index (χ1) is 10.6. The van der Waals surface area contributed by atoms with E-state index in [1.54, 1.807) is 13.0 Å². The number of aryl methyl sites for hydroxylation is 1. The summed E-state index contributed by atoms with van der Waals surface area (Å²) in [6, 6.07) is 13.0. The van der Waals surface area contributed by atoms with E-state index in [9.17, 15) is 9.59 Å². The summed E-state index contributed by atoms with van der Waals surface area (Å²) in [7, 11) is 0. The molecule has 0 aliphatic heterocycles. The van der Waals surface area contributed by atoms with Crippen LogP contribution in [0.5, 0.6) is 0 Å². The first-order valence-electron chi connectivity index (χ1n) is 7.15. The van der Waals surface area contributed by atoms with Crippen molar-refractivity contribution in [3.63, 3.8) is 0 Å². The van der Waals surface area contributed by atoms with E-state index in [4.69, 9.17) is 9.15 Å². The number of hydrogen-bond acceptors (Lipinski definition) is 4. The van der Waals surface area contributed by atoms with Crippen LogP contribution in [-0.2, 0) is 16.0 Å². The molecule has 0 radical (unpaired) electrons. The predicted molar refractivity (Wildman–Crippen MR) is 81.5 cm³/mol. The Kier molecular flexibility index (Phi) is 5.36. The maximum absolute atomic E-state index is 11.9. The molecule has 0 unspecified atom stereocenters. The molecule has 2 aromatic rings. The standard InChI is InChI=1S/C17H19NO4/c1-12-8-9-15(21-12)17(20)22-13(2)16(19)18-11-10-14-6-4-3-5-7-14/h3-9,13H,10-11H2,1-2H3,(H,18,19)/t13-/m0/s1. The number of nitrogens with one attached hydrogen (secondary N) is 1. The minimum Gasteiger partial charge on any atom is -0.454 e. The van der Waals surface area contributed by atoms with Gasteiger partial charge in [0, 0.05) is 6.54 Å². The van der Waals surface area contributed by atoms with Gasteiger partial charge in [-0.3, -0.25) is 4.79 Å². The quantitative estimate of drug-likeness (QED) is 0.832. The molecule has 116 valence electrons. The average molecular weight is 301 g/mol. The minimum atomic E-state index is -0.867. The lowest BCUT2D eigenvalue weighted by molar-refractivity contribution is -0.129. The van der Waals surface area contributed by atoms with Gasteiger partial charge in [0.25, 0.3) is 5.91 Å². The zero-order valence-corrected chi connectivity index (χ0v) is 12.7. The Morgan fingerprint density at radius 1 is 1.18 bits per heavy atom. The van der Waals surface area contributed by atoms with Gasteiger partial charge in [-0.2, -0.15) is 0 Å². The van der Waals surface area contributed by atoms with Gasteiger partial charge in [-0.1, -0.05) is 30.3 Å². The predicted octanol–water partition coefficient (Wildman–Crippen LogP) is 2.49. The molecule has 0 saturated carbocycles. The van der Waals surface area contributed by atoms with E-state index in [0.29, 0.717) is 12.3 Å². The molecule has 5 nitrogen and oxygen atoms in total. The van der Waals surface area contributed by atoms with E-state index in [-0.39, 0.29) is 11.7 Å². The van der Waals surface area contributed by atoms with Crippen LogP contribution in [0.25, 0.3) is 0 Å². The summed E-state index contributed by atoms with van der Waals surface area (Å²) >= 11 is 0. The highest BCUT2D eigenvalue weighted by atomic mass is 16.6. The van der Waals surface area contributed by atoms with Crippen molar-refractivity contribution >= 4 is 11.9 Å². The molecule has 1 heterocycles. The summed E-state index contributed by atoms with van der Waals surface area (Å²) in [5, 5.41) is 2.75. The Morgan fingerprint density at radius 3 is 2.55 bits per heavy atom. The number of hydrogen-bond donors (Lipinski definition) is 1. The number of ether oxygens (including phenoxy) is 1. The van der Waals surface area contributed by atoms with Crippen molar-refractivity contribution in [3.05, 3.63) is 59.5 Å². The van der Waals surface area contributed by atoms with Gasteiger partial charge in [0.2, 0.25) is 5.76 Å². The van der Waals surface area contributed by atoms with Gasteiger partial charge in [-0.05, 0) is 38.0 Å². The molecule has 0 bridgehead atoms. The lowest BCUT2D eigenvalue weighted by atomic mass is 10.1. The third-order valence-electron chi connectivity index (χ3n) is 3.15. The van der Waals surface area contributed by atoms with Crippen molar-refractivity contribution in [2.45, 2.75) is 26.4 Å². The largest absolute Gasteiger partial charge is 0.454 e. The van der Waals surface area contributed by atoms with Gasteiger partial charge in [0.15, 0.2) is 6.10 Å². The van der Waals surface area contributed by atoms with Crippen molar-refractivity contribution < 1.29 is 18.7 Å². The number of amides is 1. The molecule has 0 spiro atoms. The van der Waals surface area contributed by atoms with Crippen molar-refractivity contribution in [3.8, 4) is 0 Å². The molecule has 1 amide bonds. The van der Waals surface area contributed by atoms with E-state index in [0.717, 1.165) is 12.0 Å². The highest BCUT2D eigenvalue weighted by Gasteiger charge is 2.20. The normalized spacial score (nSPS) is 11.7. The van der Waals surface area contributed by atoms with Crippen LogP contribution in [0.2, 0.25) is 0 Å². The van der Waals surface area contributed by atoms with Crippen LogP contribution in [0, 0.1) is 6.92 Å². The first kappa shape index (κ1) is 15.8. The lowest BCUT2D eigenvalue weighted by Gasteiger charge is -2.12. The topological polar surface area (TPSA) is 68.5 Å². The highest BCUT2D eigenvalue weighted by molar-refractivity contribution is 5.90. The zero-order valence-electron chi connectivity index (χ0n) is 12.7. The Balaban J connectivity index is 1.76. The Hall–Kier alpha value is -2.56.